The Morgan fingerprint density at radius 3 is 2.27 bits per heavy atom. The molecule has 0 aliphatic carbocycles. The highest BCUT2D eigenvalue weighted by Gasteiger charge is 2.30. The van der Waals surface area contributed by atoms with Gasteiger partial charge in [-0.05, 0) is 99.3 Å². The zero-order chi connectivity index (χ0) is 26.7. The van der Waals surface area contributed by atoms with Crippen LogP contribution in [-0.4, -0.2) is 37.0 Å². The van der Waals surface area contributed by atoms with Crippen molar-refractivity contribution in [2.24, 2.45) is 0 Å². The van der Waals surface area contributed by atoms with Gasteiger partial charge in [0, 0.05) is 28.5 Å². The van der Waals surface area contributed by atoms with Gasteiger partial charge in [-0.3, -0.25) is 4.79 Å². The molecule has 0 bridgehead atoms. The Morgan fingerprint density at radius 2 is 1.70 bits per heavy atom. The van der Waals surface area contributed by atoms with E-state index in [0.29, 0.717) is 40.0 Å². The van der Waals surface area contributed by atoms with Crippen molar-refractivity contribution in [1.82, 2.24) is 4.90 Å². The molecule has 3 aromatic carbocycles. The van der Waals surface area contributed by atoms with Crippen LogP contribution >= 0.6 is 0 Å². The molecule has 3 aromatic rings. The van der Waals surface area contributed by atoms with Crippen molar-refractivity contribution >= 4 is 17.3 Å². The number of nitrogens with two attached hydrogens (primary N) is 1. The number of hydrogen-bond acceptors (Lipinski definition) is 4. The van der Waals surface area contributed by atoms with E-state index in [0.717, 1.165) is 49.4 Å². The quantitative estimate of drug-likeness (QED) is 0.357. The maximum atomic E-state index is 13.0. The number of hydrogen-bond donors (Lipinski definition) is 2. The van der Waals surface area contributed by atoms with E-state index in [1.807, 2.05) is 18.2 Å². The number of likely N-dealkylation sites (tertiary alicyclic amines) is 1. The number of benzene rings is 3. The summed E-state index contributed by atoms with van der Waals surface area (Å²) in [7, 11) is 1.65. The number of halogens is 3. The molecule has 4 rings (SSSR count). The average Bonchev–Trinajstić information content (AvgIpc) is 2.88. The number of amides is 1. The third-order valence-electron chi connectivity index (χ3n) is 7.02. The van der Waals surface area contributed by atoms with Crippen molar-refractivity contribution in [3.05, 3.63) is 77.4 Å². The van der Waals surface area contributed by atoms with Crippen LogP contribution in [0, 0.1) is 0 Å². The Labute approximate surface area is 215 Å². The van der Waals surface area contributed by atoms with E-state index in [4.69, 9.17) is 10.5 Å². The van der Waals surface area contributed by atoms with Crippen LogP contribution in [0.25, 0.3) is 11.1 Å². The summed E-state index contributed by atoms with van der Waals surface area (Å²) >= 11 is 0. The molecule has 37 heavy (non-hydrogen) atoms. The lowest BCUT2D eigenvalue weighted by atomic mass is 9.88. The van der Waals surface area contributed by atoms with Gasteiger partial charge < -0.3 is 20.7 Å². The molecule has 1 saturated heterocycles. The summed E-state index contributed by atoms with van der Waals surface area (Å²) in [5.41, 5.74) is 8.96. The molecule has 0 spiro atoms. The first kappa shape index (κ1) is 26.5. The van der Waals surface area contributed by atoms with Crippen molar-refractivity contribution < 1.29 is 22.7 Å². The summed E-state index contributed by atoms with van der Waals surface area (Å²) in [6.45, 7) is 6.46. The Morgan fingerprint density at radius 1 is 1.03 bits per heavy atom. The molecule has 3 N–H and O–H groups in total. The third-order valence-corrected chi connectivity index (χ3v) is 7.02. The van der Waals surface area contributed by atoms with Crippen LogP contribution in [0.4, 0.5) is 24.5 Å². The van der Waals surface area contributed by atoms with Gasteiger partial charge in [-0.15, -0.1) is 0 Å². The first-order chi connectivity index (χ1) is 17.6. The summed E-state index contributed by atoms with van der Waals surface area (Å²) < 4.78 is 44.2. The van der Waals surface area contributed by atoms with Gasteiger partial charge in [-0.1, -0.05) is 18.2 Å². The first-order valence-corrected chi connectivity index (χ1v) is 12.4. The number of nitrogens with zero attached hydrogens (tertiary/aromatic N) is 1. The maximum Gasteiger partial charge on any atom is 0.416 e. The number of carbonyl (C=O) groups is 1. The number of alkyl halides is 3. The fraction of sp³-hybridized carbons (Fsp3) is 0.345. The molecule has 0 atom stereocenters. The largest absolute Gasteiger partial charge is 0.496 e. The van der Waals surface area contributed by atoms with Gasteiger partial charge in [0.2, 0.25) is 0 Å². The van der Waals surface area contributed by atoms with Crippen LogP contribution in [0.2, 0.25) is 0 Å². The molecule has 196 valence electrons. The summed E-state index contributed by atoms with van der Waals surface area (Å²) in [5, 5.41) is 2.94. The van der Waals surface area contributed by atoms with Gasteiger partial charge in [0.05, 0.1) is 12.7 Å². The smallest absolute Gasteiger partial charge is 0.416 e. The molecule has 0 radical (unpaired) electrons. The molecule has 1 heterocycles. The van der Waals surface area contributed by atoms with E-state index >= 15 is 0 Å². The van der Waals surface area contributed by atoms with E-state index in [9.17, 15) is 18.0 Å². The number of nitrogens with one attached hydrogen (secondary N) is 1. The van der Waals surface area contributed by atoms with Crippen LogP contribution in [0.3, 0.4) is 0 Å². The van der Waals surface area contributed by atoms with Gasteiger partial charge in [0.15, 0.2) is 0 Å². The van der Waals surface area contributed by atoms with Crippen LogP contribution in [0.5, 0.6) is 5.75 Å². The van der Waals surface area contributed by atoms with E-state index in [1.165, 1.54) is 18.2 Å². The number of carbonyl (C=O) groups excluding carboxylic acids is 1. The molecule has 1 amide bonds. The highest BCUT2D eigenvalue weighted by atomic mass is 19.4. The SMILES string of the molecule is COc1ccc(NC(=O)c2ccc(-c3ccc(C(F)(F)F)cc3)c(N)c2)cc1C1CCN(C(C)C)CC1. The minimum absolute atomic E-state index is 0.305. The van der Waals surface area contributed by atoms with Crippen LogP contribution in [-0.2, 0) is 6.18 Å². The summed E-state index contributed by atoms with van der Waals surface area (Å²) in [4.78, 5) is 15.5. The molecule has 5 nitrogen and oxygen atoms in total. The Balaban J connectivity index is 1.49. The molecular weight excluding hydrogens is 479 g/mol. The first-order valence-electron chi connectivity index (χ1n) is 12.4. The molecule has 0 aromatic heterocycles. The van der Waals surface area contributed by atoms with Gasteiger partial charge in [0.25, 0.3) is 5.91 Å². The molecule has 1 aliphatic rings. The zero-order valence-electron chi connectivity index (χ0n) is 21.2. The van der Waals surface area contributed by atoms with Crippen molar-refractivity contribution in [3.8, 4) is 16.9 Å². The lowest BCUT2D eigenvalue weighted by molar-refractivity contribution is -0.137. The molecule has 0 unspecified atom stereocenters. The van der Waals surface area contributed by atoms with Crippen LogP contribution in [0.15, 0.2) is 60.7 Å². The Hall–Kier alpha value is -3.52. The second-order valence-corrected chi connectivity index (χ2v) is 9.69. The Bertz CT molecular complexity index is 1250. The molecule has 1 aliphatic heterocycles. The number of anilines is 2. The van der Waals surface area contributed by atoms with Crippen molar-refractivity contribution in [1.29, 1.82) is 0 Å². The monoisotopic (exact) mass is 511 g/mol. The number of rotatable bonds is 6. The van der Waals surface area contributed by atoms with Gasteiger partial charge >= 0.3 is 6.18 Å². The summed E-state index contributed by atoms with van der Waals surface area (Å²) in [6, 6.07) is 15.8. The average molecular weight is 512 g/mol. The third kappa shape index (κ3) is 6.07. The number of nitrogen functional groups attached to an aromatic ring is 1. The lowest BCUT2D eigenvalue weighted by Gasteiger charge is -2.35. The van der Waals surface area contributed by atoms with Crippen LogP contribution in [0.1, 0.15) is 54.1 Å². The topological polar surface area (TPSA) is 67.6 Å². The highest BCUT2D eigenvalue weighted by Crippen LogP contribution is 2.37. The molecular formula is C29H32F3N3O2. The van der Waals surface area contributed by atoms with E-state index in [2.05, 4.69) is 24.1 Å². The normalized spacial score (nSPS) is 15.1. The van der Waals surface area contributed by atoms with E-state index in [-0.39, 0.29) is 5.91 Å². The summed E-state index contributed by atoms with van der Waals surface area (Å²) in [6.07, 6.45) is -2.36. The van der Waals surface area contributed by atoms with E-state index < -0.39 is 11.7 Å². The van der Waals surface area contributed by atoms with Gasteiger partial charge in [-0.2, -0.15) is 13.2 Å². The Kier molecular flexibility index (Phi) is 7.78. The molecule has 1 fully saturated rings. The zero-order valence-corrected chi connectivity index (χ0v) is 21.2. The maximum absolute atomic E-state index is 13.0. The fourth-order valence-electron chi connectivity index (χ4n) is 4.87. The minimum atomic E-state index is -4.40. The standard InChI is InChI=1S/C29H32F3N3O2/c1-18(2)35-14-12-20(13-15-35)25-17-23(9-11-27(25)37-3)34-28(36)21-6-10-24(26(33)16-21)19-4-7-22(8-5-19)29(30,31)32/h4-11,16-18,20H,12-15,33H2,1-3H3,(H,34,36). The molecule has 0 saturated carbocycles. The second-order valence-electron chi connectivity index (χ2n) is 9.69. The number of methoxy groups -OCH3 is 1. The van der Waals surface area contributed by atoms with E-state index in [1.54, 1.807) is 19.2 Å². The summed E-state index contributed by atoms with van der Waals surface area (Å²) in [5.74, 6) is 0.836. The van der Waals surface area contributed by atoms with Crippen LogP contribution < -0.4 is 15.8 Å². The predicted molar refractivity (Wildman–Crippen MR) is 141 cm³/mol. The van der Waals surface area contributed by atoms with Crippen molar-refractivity contribution in [2.45, 2.75) is 44.8 Å². The number of ether oxygens (including phenoxy) is 1. The fourth-order valence-corrected chi connectivity index (χ4v) is 4.87. The van der Waals surface area contributed by atoms with Gasteiger partial charge in [0.1, 0.15) is 5.75 Å². The predicted octanol–water partition coefficient (Wildman–Crippen LogP) is 6.80. The minimum Gasteiger partial charge on any atom is -0.496 e. The van der Waals surface area contributed by atoms with Crippen molar-refractivity contribution in [3.63, 3.8) is 0 Å². The number of piperidine rings is 1. The molecule has 8 heteroatoms. The highest BCUT2D eigenvalue weighted by molar-refractivity contribution is 6.05. The lowest BCUT2D eigenvalue weighted by Crippen LogP contribution is -2.37. The second kappa shape index (κ2) is 10.8. The van der Waals surface area contributed by atoms with Gasteiger partial charge in [-0.25, -0.2) is 0 Å². The van der Waals surface area contributed by atoms with Crippen molar-refractivity contribution in [2.75, 3.05) is 31.2 Å².